The number of para-hydroxylation sites is 1. The summed E-state index contributed by atoms with van der Waals surface area (Å²) in [4.78, 5) is 25.8. The van der Waals surface area contributed by atoms with E-state index in [4.69, 9.17) is 9.47 Å². The lowest BCUT2D eigenvalue weighted by Crippen LogP contribution is -2.40. The number of allylic oxidation sites excluding steroid dienone is 2. The molecular formula is C20H20N2O4. The summed E-state index contributed by atoms with van der Waals surface area (Å²) in [7, 11) is 3.11. The summed E-state index contributed by atoms with van der Waals surface area (Å²) in [5.41, 5.74) is 0.659. The molecule has 2 saturated carbocycles. The van der Waals surface area contributed by atoms with Gasteiger partial charge in [-0.15, -0.1) is 0 Å². The number of amides is 2. The average molecular weight is 352 g/mol. The summed E-state index contributed by atoms with van der Waals surface area (Å²) in [5.74, 6) is 1.90. The van der Waals surface area contributed by atoms with E-state index in [1.165, 1.54) is 6.21 Å². The van der Waals surface area contributed by atoms with Crippen molar-refractivity contribution in [2.24, 2.45) is 40.6 Å². The van der Waals surface area contributed by atoms with Gasteiger partial charge in [-0.2, -0.15) is 10.1 Å². The van der Waals surface area contributed by atoms with E-state index < -0.39 is 0 Å². The zero-order valence-corrected chi connectivity index (χ0v) is 14.7. The monoisotopic (exact) mass is 352 g/mol. The third-order valence-corrected chi connectivity index (χ3v) is 6.39. The van der Waals surface area contributed by atoms with Crippen LogP contribution in [0.15, 0.2) is 35.5 Å². The van der Waals surface area contributed by atoms with Gasteiger partial charge in [-0.25, -0.2) is 0 Å². The summed E-state index contributed by atoms with van der Waals surface area (Å²) in [6.07, 6.45) is 6.97. The number of methoxy groups -OCH3 is 2. The zero-order chi connectivity index (χ0) is 18.0. The first-order chi connectivity index (χ1) is 12.7. The summed E-state index contributed by atoms with van der Waals surface area (Å²) in [5, 5.41) is 5.32. The molecule has 0 N–H and O–H groups in total. The van der Waals surface area contributed by atoms with Crippen molar-refractivity contribution >= 4 is 18.0 Å². The minimum Gasteiger partial charge on any atom is -0.493 e. The van der Waals surface area contributed by atoms with Gasteiger partial charge >= 0.3 is 0 Å². The van der Waals surface area contributed by atoms with Gasteiger partial charge in [0.05, 0.1) is 32.3 Å². The molecule has 6 unspecified atom stereocenters. The molecule has 1 aromatic rings. The van der Waals surface area contributed by atoms with E-state index in [9.17, 15) is 9.59 Å². The number of ether oxygens (including phenoxy) is 2. The maximum atomic E-state index is 12.9. The van der Waals surface area contributed by atoms with Crippen molar-refractivity contribution in [3.63, 3.8) is 0 Å². The van der Waals surface area contributed by atoms with Crippen molar-refractivity contribution in [2.75, 3.05) is 14.2 Å². The average Bonchev–Trinajstić information content (AvgIpc) is 3.45. The van der Waals surface area contributed by atoms with Gasteiger partial charge in [0.1, 0.15) is 0 Å². The van der Waals surface area contributed by atoms with Crippen LogP contribution in [0.3, 0.4) is 0 Å². The van der Waals surface area contributed by atoms with Gasteiger partial charge in [-0.05, 0) is 42.2 Å². The number of imide groups is 1. The number of benzene rings is 1. The van der Waals surface area contributed by atoms with Gasteiger partial charge in [0, 0.05) is 5.56 Å². The molecule has 2 amide bonds. The molecule has 5 aliphatic rings. The molecule has 6 rings (SSSR count). The van der Waals surface area contributed by atoms with Crippen LogP contribution >= 0.6 is 0 Å². The Kier molecular flexibility index (Phi) is 3.26. The molecule has 6 heteroatoms. The molecule has 2 bridgehead atoms. The molecule has 6 atom stereocenters. The number of carbonyl (C=O) groups is 2. The first kappa shape index (κ1) is 15.6. The van der Waals surface area contributed by atoms with E-state index in [0.717, 1.165) is 11.4 Å². The fourth-order valence-corrected chi connectivity index (χ4v) is 5.19. The Balaban J connectivity index is 1.45. The normalized spacial score (nSPS) is 36.5. The molecule has 134 valence electrons. The standard InChI is InChI=1S/C20H20N2O4/c1-25-15-5-3-4-10(18(15)26-2)9-21-22-19(23)16-11-6-7-12(14-8-13(11)14)17(16)20(22)24/h3-7,9,11-14,16-17H,8H2,1-2H3/b21-9+. The predicted octanol–water partition coefficient (Wildman–Crippen LogP) is 2.09. The van der Waals surface area contributed by atoms with E-state index in [-0.39, 0.29) is 35.5 Å². The first-order valence-electron chi connectivity index (χ1n) is 8.96. The van der Waals surface area contributed by atoms with Gasteiger partial charge in [0.15, 0.2) is 11.5 Å². The Bertz CT molecular complexity index is 825. The topological polar surface area (TPSA) is 68.2 Å². The highest BCUT2D eigenvalue weighted by Gasteiger charge is 2.67. The molecule has 1 heterocycles. The highest BCUT2D eigenvalue weighted by Crippen LogP contribution is 2.65. The van der Waals surface area contributed by atoms with E-state index in [1.807, 2.05) is 12.1 Å². The van der Waals surface area contributed by atoms with Crippen LogP contribution in [-0.4, -0.2) is 37.3 Å². The van der Waals surface area contributed by atoms with E-state index in [2.05, 4.69) is 17.3 Å². The van der Waals surface area contributed by atoms with Crippen LogP contribution in [0.5, 0.6) is 11.5 Å². The van der Waals surface area contributed by atoms with Crippen LogP contribution in [0.2, 0.25) is 0 Å². The van der Waals surface area contributed by atoms with Gasteiger partial charge in [0.2, 0.25) is 0 Å². The molecule has 6 nitrogen and oxygen atoms in total. The maximum absolute atomic E-state index is 12.9. The summed E-state index contributed by atoms with van der Waals surface area (Å²) < 4.78 is 10.7. The minimum absolute atomic E-state index is 0.164. The fourth-order valence-electron chi connectivity index (χ4n) is 5.19. The largest absolute Gasteiger partial charge is 0.493 e. The highest BCUT2D eigenvalue weighted by atomic mass is 16.5. The van der Waals surface area contributed by atoms with Crippen LogP contribution in [0.25, 0.3) is 0 Å². The van der Waals surface area contributed by atoms with Crippen molar-refractivity contribution in [1.82, 2.24) is 5.01 Å². The van der Waals surface area contributed by atoms with Crippen molar-refractivity contribution in [1.29, 1.82) is 0 Å². The molecule has 1 aliphatic heterocycles. The maximum Gasteiger partial charge on any atom is 0.254 e. The summed E-state index contributed by atoms with van der Waals surface area (Å²) >= 11 is 0. The Labute approximate surface area is 151 Å². The molecular weight excluding hydrogens is 332 g/mol. The second-order valence-corrected chi connectivity index (χ2v) is 7.47. The third-order valence-electron chi connectivity index (χ3n) is 6.39. The minimum atomic E-state index is -0.231. The molecule has 1 saturated heterocycles. The predicted molar refractivity (Wildman–Crippen MR) is 93.7 cm³/mol. The van der Waals surface area contributed by atoms with Crippen molar-refractivity contribution < 1.29 is 19.1 Å². The van der Waals surface area contributed by atoms with Gasteiger partial charge in [-0.1, -0.05) is 18.2 Å². The second-order valence-electron chi connectivity index (χ2n) is 7.47. The molecule has 0 radical (unpaired) electrons. The zero-order valence-electron chi connectivity index (χ0n) is 14.7. The molecule has 1 aromatic carbocycles. The van der Waals surface area contributed by atoms with Crippen LogP contribution in [0, 0.1) is 35.5 Å². The first-order valence-corrected chi connectivity index (χ1v) is 8.96. The second kappa shape index (κ2) is 5.43. The molecule has 3 fully saturated rings. The lowest BCUT2D eigenvalue weighted by Gasteiger charge is -2.37. The third kappa shape index (κ3) is 1.95. The molecule has 4 aliphatic carbocycles. The van der Waals surface area contributed by atoms with Crippen LogP contribution in [0.1, 0.15) is 12.0 Å². The molecule has 0 spiro atoms. The summed E-state index contributed by atoms with van der Waals surface area (Å²) in [6.45, 7) is 0. The number of hydrazone groups is 1. The van der Waals surface area contributed by atoms with Crippen molar-refractivity contribution in [3.05, 3.63) is 35.9 Å². The Morgan fingerprint density at radius 3 is 2.27 bits per heavy atom. The quantitative estimate of drug-likeness (QED) is 0.473. The van der Waals surface area contributed by atoms with E-state index >= 15 is 0 Å². The van der Waals surface area contributed by atoms with Crippen molar-refractivity contribution in [3.8, 4) is 11.5 Å². The van der Waals surface area contributed by atoms with Crippen LogP contribution in [0.4, 0.5) is 0 Å². The SMILES string of the molecule is COc1cccc(/C=N/N2C(=O)C3C4C=CC(C5CC45)C3C2=O)c1OC. The Hall–Kier alpha value is -2.63. The molecule has 26 heavy (non-hydrogen) atoms. The Morgan fingerprint density at radius 1 is 1.04 bits per heavy atom. The van der Waals surface area contributed by atoms with Gasteiger partial charge < -0.3 is 9.47 Å². The fraction of sp³-hybridized carbons (Fsp3) is 0.450. The van der Waals surface area contributed by atoms with Gasteiger partial charge in [0.25, 0.3) is 11.8 Å². The highest BCUT2D eigenvalue weighted by molar-refractivity contribution is 6.06. The van der Waals surface area contributed by atoms with Crippen LogP contribution < -0.4 is 9.47 Å². The number of nitrogens with zero attached hydrogens (tertiary/aromatic N) is 2. The Morgan fingerprint density at radius 2 is 1.69 bits per heavy atom. The van der Waals surface area contributed by atoms with Crippen LogP contribution in [-0.2, 0) is 9.59 Å². The number of rotatable bonds is 4. The molecule has 0 aromatic heterocycles. The van der Waals surface area contributed by atoms with Gasteiger partial charge in [-0.3, -0.25) is 9.59 Å². The summed E-state index contributed by atoms with van der Waals surface area (Å²) in [6, 6.07) is 5.41. The lowest BCUT2D eigenvalue weighted by molar-refractivity contribution is -0.140. The van der Waals surface area contributed by atoms with E-state index in [0.29, 0.717) is 28.9 Å². The lowest BCUT2D eigenvalue weighted by atomic mass is 9.63. The number of hydrogen-bond donors (Lipinski definition) is 0. The number of carbonyl (C=O) groups excluding carboxylic acids is 2. The van der Waals surface area contributed by atoms with E-state index in [1.54, 1.807) is 20.3 Å². The number of hydrogen-bond acceptors (Lipinski definition) is 5. The smallest absolute Gasteiger partial charge is 0.254 e. The van der Waals surface area contributed by atoms with Crippen molar-refractivity contribution in [2.45, 2.75) is 6.42 Å².